The zero-order valence-corrected chi connectivity index (χ0v) is 16.6. The predicted molar refractivity (Wildman–Crippen MR) is 88.5 cm³/mol. The summed E-state index contributed by atoms with van der Waals surface area (Å²) >= 11 is 0. The van der Waals surface area contributed by atoms with Crippen LogP contribution in [0.2, 0.25) is 0 Å². The maximum absolute atomic E-state index is 14.0. The fourth-order valence-electron chi connectivity index (χ4n) is 2.09. The zero-order valence-electron chi connectivity index (χ0n) is 14.9. The summed E-state index contributed by atoms with van der Waals surface area (Å²) in [4.78, 5) is 11.6. The van der Waals surface area contributed by atoms with E-state index in [4.69, 9.17) is 0 Å². The molecular formula is C14H19F3NO7PS. The lowest BCUT2D eigenvalue weighted by Crippen LogP contribution is -2.64. The van der Waals surface area contributed by atoms with Gasteiger partial charge >= 0.3 is 25.0 Å². The first kappa shape index (κ1) is 23.6. The van der Waals surface area contributed by atoms with Crippen molar-refractivity contribution >= 4 is 23.6 Å². The molecule has 0 saturated carbocycles. The van der Waals surface area contributed by atoms with Crippen LogP contribution in [0.5, 0.6) is 0 Å². The molecule has 0 aromatic heterocycles. The molecule has 1 N–H and O–H groups in total. The number of hydrogen-bond donors (Lipinski definition) is 1. The second kappa shape index (κ2) is 8.27. The van der Waals surface area contributed by atoms with Crippen LogP contribution in [-0.2, 0) is 33.2 Å². The van der Waals surface area contributed by atoms with E-state index in [9.17, 15) is 30.9 Å². The Kier molecular flexibility index (Phi) is 7.23. The molecule has 1 aromatic carbocycles. The molecule has 0 aliphatic carbocycles. The molecule has 0 bridgehead atoms. The number of ether oxygens (including phenoxy) is 1. The quantitative estimate of drug-likeness (QED) is 0.496. The van der Waals surface area contributed by atoms with Crippen LogP contribution < -0.4 is 4.72 Å². The van der Waals surface area contributed by atoms with Gasteiger partial charge in [-0.2, -0.15) is 17.9 Å². The Labute approximate surface area is 154 Å². The van der Waals surface area contributed by atoms with Gasteiger partial charge in [-0.3, -0.25) is 4.57 Å². The van der Waals surface area contributed by atoms with Gasteiger partial charge in [0.1, 0.15) is 0 Å². The monoisotopic (exact) mass is 433 g/mol. The lowest BCUT2D eigenvalue weighted by Gasteiger charge is -2.36. The molecule has 0 unspecified atom stereocenters. The lowest BCUT2D eigenvalue weighted by molar-refractivity contribution is -0.194. The minimum atomic E-state index is -5.72. The average Bonchev–Trinajstić information content (AvgIpc) is 2.58. The molecule has 1 rings (SSSR count). The number of rotatable bonds is 8. The van der Waals surface area contributed by atoms with Crippen molar-refractivity contribution in [3.05, 3.63) is 29.8 Å². The minimum absolute atomic E-state index is 0.545. The Morgan fingerprint density at radius 3 is 2.00 bits per heavy atom. The van der Waals surface area contributed by atoms with Gasteiger partial charge in [0.05, 0.1) is 11.5 Å². The van der Waals surface area contributed by atoms with E-state index in [1.807, 2.05) is 0 Å². The normalized spacial score (nSPS) is 15.2. The molecule has 0 amide bonds. The van der Waals surface area contributed by atoms with Gasteiger partial charge in [-0.05, 0) is 26.0 Å². The van der Waals surface area contributed by atoms with Crippen LogP contribution in [0.4, 0.5) is 13.2 Å². The van der Waals surface area contributed by atoms with Gasteiger partial charge in [-0.1, -0.05) is 17.7 Å². The number of benzene rings is 1. The third kappa shape index (κ3) is 4.35. The molecule has 0 saturated heterocycles. The average molecular weight is 433 g/mol. The predicted octanol–water partition coefficient (Wildman–Crippen LogP) is 2.58. The molecule has 8 nitrogen and oxygen atoms in total. The second-order valence-corrected chi connectivity index (χ2v) is 9.29. The number of carbonyl (C=O) groups excluding carboxylic acids is 1. The standard InChI is InChI=1S/C14H19F3NO7PS/c1-5-25-12(19)13(14(15,16)17,26(20,23-3)24-4)18-27(21,22)11-8-6-10(2)7-9-11/h6-9,18H,5H2,1-4H3/t13-/m1/s1. The van der Waals surface area contributed by atoms with Crippen LogP contribution in [0.3, 0.4) is 0 Å². The molecule has 0 aliphatic rings. The van der Waals surface area contributed by atoms with E-state index >= 15 is 0 Å². The smallest absolute Gasteiger partial charge is 0.430 e. The summed E-state index contributed by atoms with van der Waals surface area (Å²) in [6.07, 6.45) is -5.72. The van der Waals surface area contributed by atoms with Crippen molar-refractivity contribution < 1.29 is 44.7 Å². The van der Waals surface area contributed by atoms with Crippen molar-refractivity contribution in [1.29, 1.82) is 0 Å². The fourth-order valence-corrected chi connectivity index (χ4v) is 5.40. The second-order valence-electron chi connectivity index (χ2n) is 5.21. The number of esters is 1. The van der Waals surface area contributed by atoms with Gasteiger partial charge < -0.3 is 13.8 Å². The van der Waals surface area contributed by atoms with Gasteiger partial charge in [0.25, 0.3) is 0 Å². The van der Waals surface area contributed by atoms with Crippen LogP contribution in [0, 0.1) is 6.92 Å². The van der Waals surface area contributed by atoms with Gasteiger partial charge in [0.15, 0.2) is 0 Å². The third-order valence-electron chi connectivity index (χ3n) is 3.49. The van der Waals surface area contributed by atoms with E-state index in [-0.39, 0.29) is 0 Å². The van der Waals surface area contributed by atoms with Crippen molar-refractivity contribution in [2.24, 2.45) is 0 Å². The Morgan fingerprint density at radius 1 is 1.15 bits per heavy atom. The number of hydrogen-bond acceptors (Lipinski definition) is 7. The van der Waals surface area contributed by atoms with E-state index in [1.54, 1.807) is 6.92 Å². The Balaban J connectivity index is 3.74. The molecular weight excluding hydrogens is 414 g/mol. The summed E-state index contributed by atoms with van der Waals surface area (Å²) in [5.74, 6) is -2.17. The molecule has 13 heteroatoms. The molecule has 0 aliphatic heterocycles. The highest BCUT2D eigenvalue weighted by Gasteiger charge is 2.76. The van der Waals surface area contributed by atoms with Gasteiger partial charge in [0, 0.05) is 14.2 Å². The summed E-state index contributed by atoms with van der Waals surface area (Å²) in [5.41, 5.74) is 0.640. The first-order valence-electron chi connectivity index (χ1n) is 7.37. The maximum atomic E-state index is 14.0. The minimum Gasteiger partial charge on any atom is -0.464 e. The summed E-state index contributed by atoms with van der Waals surface area (Å²) < 4.78 is 93.9. The molecule has 0 heterocycles. The summed E-state index contributed by atoms with van der Waals surface area (Å²) in [6.45, 7) is 2.28. The molecule has 154 valence electrons. The summed E-state index contributed by atoms with van der Waals surface area (Å²) in [6, 6.07) is 4.71. The van der Waals surface area contributed by atoms with Gasteiger partial charge in [-0.15, -0.1) is 0 Å². The van der Waals surface area contributed by atoms with Crippen LogP contribution >= 0.6 is 7.60 Å². The number of alkyl halides is 3. The Hall–Kier alpha value is -1.46. The van der Waals surface area contributed by atoms with Crippen LogP contribution in [-0.4, -0.2) is 46.7 Å². The lowest BCUT2D eigenvalue weighted by atomic mass is 10.2. The number of halogens is 3. The van der Waals surface area contributed by atoms with Gasteiger partial charge in [-0.25, -0.2) is 13.2 Å². The maximum Gasteiger partial charge on any atom is 0.430 e. The highest BCUT2D eigenvalue weighted by atomic mass is 32.2. The molecule has 0 fully saturated rings. The highest BCUT2D eigenvalue weighted by Crippen LogP contribution is 2.64. The topological polar surface area (TPSA) is 108 Å². The van der Waals surface area contributed by atoms with Crippen molar-refractivity contribution in [3.63, 3.8) is 0 Å². The Morgan fingerprint density at radius 2 is 1.63 bits per heavy atom. The van der Waals surface area contributed by atoms with Crippen molar-refractivity contribution in [3.8, 4) is 0 Å². The van der Waals surface area contributed by atoms with Crippen molar-refractivity contribution in [1.82, 2.24) is 4.72 Å². The first-order valence-corrected chi connectivity index (χ1v) is 10.4. The first-order chi connectivity index (χ1) is 12.3. The van der Waals surface area contributed by atoms with Crippen molar-refractivity contribution in [2.45, 2.75) is 30.2 Å². The molecule has 0 radical (unpaired) electrons. The number of nitrogens with one attached hydrogen (secondary N) is 1. The largest absolute Gasteiger partial charge is 0.464 e. The molecule has 1 atom stereocenters. The van der Waals surface area contributed by atoms with E-state index < -0.39 is 46.5 Å². The van der Waals surface area contributed by atoms with E-state index in [0.717, 1.165) is 12.1 Å². The Bertz CT molecular complexity index is 818. The molecule has 0 spiro atoms. The SMILES string of the molecule is CCOC(=O)[C@](NS(=O)(=O)c1ccc(C)cc1)(C(F)(F)F)P(=O)(OC)OC. The zero-order chi connectivity index (χ0) is 21.1. The molecule has 27 heavy (non-hydrogen) atoms. The van der Waals surface area contributed by atoms with Crippen molar-refractivity contribution in [2.75, 3.05) is 20.8 Å². The third-order valence-corrected chi connectivity index (χ3v) is 7.44. The fraction of sp³-hybridized carbons (Fsp3) is 0.500. The van der Waals surface area contributed by atoms with Crippen LogP contribution in [0.15, 0.2) is 29.2 Å². The summed E-state index contributed by atoms with van der Waals surface area (Å²) in [7, 11) is -9.26. The van der Waals surface area contributed by atoms with Crippen LogP contribution in [0.1, 0.15) is 12.5 Å². The summed E-state index contributed by atoms with van der Waals surface area (Å²) in [5, 5.41) is -4.30. The number of aryl methyl sites for hydroxylation is 1. The van der Waals surface area contributed by atoms with Gasteiger partial charge in [0.2, 0.25) is 10.0 Å². The van der Waals surface area contributed by atoms with E-state index in [0.29, 0.717) is 19.8 Å². The van der Waals surface area contributed by atoms with E-state index in [1.165, 1.54) is 23.8 Å². The number of carbonyl (C=O) groups is 1. The molecule has 1 aromatic rings. The number of sulfonamides is 1. The van der Waals surface area contributed by atoms with E-state index in [2.05, 4.69) is 13.8 Å². The highest BCUT2D eigenvalue weighted by molar-refractivity contribution is 7.90. The van der Waals surface area contributed by atoms with Crippen LogP contribution in [0.25, 0.3) is 0 Å².